The van der Waals surface area contributed by atoms with E-state index in [9.17, 15) is 24.6 Å². The average Bonchev–Trinajstić information content (AvgIpc) is 3.41. The summed E-state index contributed by atoms with van der Waals surface area (Å²) in [4.78, 5) is 41.0. The van der Waals surface area contributed by atoms with E-state index < -0.39 is 47.7 Å². The number of carbonyl (C=O) groups excluding carboxylic acids is 3. The summed E-state index contributed by atoms with van der Waals surface area (Å²) >= 11 is 3.28. The summed E-state index contributed by atoms with van der Waals surface area (Å²) in [6, 6.07) is 18.3. The predicted molar refractivity (Wildman–Crippen MR) is 164 cm³/mol. The van der Waals surface area contributed by atoms with Gasteiger partial charge in [-0.05, 0) is 51.9 Å². The molecule has 2 aliphatic heterocycles. The average molecular weight is 675 g/mol. The maximum atomic E-state index is 14.0. The molecule has 0 unspecified atom stereocenters. The Balaban J connectivity index is 1.41. The molecule has 4 rings (SSSR count). The summed E-state index contributed by atoms with van der Waals surface area (Å²) in [5, 5.41) is 21.2. The van der Waals surface area contributed by atoms with Gasteiger partial charge in [-0.1, -0.05) is 74.5 Å². The molecule has 2 heterocycles. The molecule has 0 radical (unpaired) electrons. The monoisotopic (exact) mass is 673 g/mol. The number of imide groups is 1. The van der Waals surface area contributed by atoms with Crippen LogP contribution in [0, 0.1) is 11.8 Å². The zero-order chi connectivity index (χ0) is 31.7. The van der Waals surface area contributed by atoms with Crippen LogP contribution in [0.1, 0.15) is 37.8 Å². The normalized spacial score (nSPS) is 23.4. The number of benzene rings is 2. The number of carbonyl (C=O) groups is 3. The first-order chi connectivity index (χ1) is 21.1. The molecule has 2 aliphatic rings. The van der Waals surface area contributed by atoms with E-state index in [-0.39, 0.29) is 49.7 Å². The first kappa shape index (κ1) is 34.0. The van der Waals surface area contributed by atoms with Crippen LogP contribution in [-0.4, -0.2) is 83.4 Å². The number of ketones is 1. The molecular formula is C33H40BrNO9. The molecule has 2 aromatic rings. The van der Waals surface area contributed by atoms with E-state index in [1.54, 1.807) is 0 Å². The minimum atomic E-state index is -1.90. The highest BCUT2D eigenvalue weighted by Gasteiger charge is 2.50. The summed E-state index contributed by atoms with van der Waals surface area (Å²) in [5.74, 6) is -4.15. The third kappa shape index (κ3) is 8.62. The highest BCUT2D eigenvalue weighted by atomic mass is 79.9. The Morgan fingerprint density at radius 2 is 1.75 bits per heavy atom. The molecule has 1 fully saturated rings. The Hall–Kier alpha value is -2.93. The van der Waals surface area contributed by atoms with Crippen molar-refractivity contribution in [1.82, 2.24) is 4.90 Å². The quantitative estimate of drug-likeness (QED) is 0.268. The molecule has 10 nitrogen and oxygen atoms in total. The first-order valence-corrected chi connectivity index (χ1v) is 15.6. The molecule has 0 aromatic heterocycles. The highest BCUT2D eigenvalue weighted by molar-refractivity contribution is 9.11. The van der Waals surface area contributed by atoms with Crippen molar-refractivity contribution in [2.75, 3.05) is 26.4 Å². The van der Waals surface area contributed by atoms with E-state index in [4.69, 9.17) is 18.9 Å². The van der Waals surface area contributed by atoms with Gasteiger partial charge in [0.15, 0.2) is 11.6 Å². The molecule has 11 heteroatoms. The van der Waals surface area contributed by atoms with Gasteiger partial charge in [-0.15, -0.1) is 0 Å². The summed E-state index contributed by atoms with van der Waals surface area (Å²) in [5.41, 5.74) is 1.75. The number of ether oxygens (including phenoxy) is 4. The topological polar surface area (TPSA) is 132 Å². The van der Waals surface area contributed by atoms with Crippen LogP contribution in [0.4, 0.5) is 4.79 Å². The minimum Gasteiger partial charge on any atom is -0.447 e. The summed E-state index contributed by atoms with van der Waals surface area (Å²) in [6.07, 6.45) is -0.885. The SMILES string of the molecule is CC(C)[C@H]1COC(=O)N1C(=O)[C@H](Cc1ccccc1)[C@@H]1O[C@](O)(CCCOC[C@@H](CO)OCc2ccccc2)C(Br)=CC1=O. The van der Waals surface area contributed by atoms with Crippen molar-refractivity contribution in [3.63, 3.8) is 0 Å². The molecular weight excluding hydrogens is 634 g/mol. The van der Waals surface area contributed by atoms with Gasteiger partial charge in [0.1, 0.15) is 18.8 Å². The Labute approximate surface area is 266 Å². The molecule has 44 heavy (non-hydrogen) atoms. The standard InChI is InChI=1S/C33H40BrNO9/c1-22(2)27-21-43-32(39)35(27)31(38)26(16-23-10-5-3-6-11-23)30-28(37)17-29(34)33(40,44-30)14-9-15-41-20-25(18-36)42-19-24-12-7-4-8-13-24/h3-8,10-13,17,22,25-27,30,36,40H,9,14-16,18-21H2,1-2H3/t25-,26-,27-,30+,33-/m1/s1. The van der Waals surface area contributed by atoms with Crippen molar-refractivity contribution < 1.29 is 43.5 Å². The van der Waals surface area contributed by atoms with E-state index in [1.165, 1.54) is 6.08 Å². The van der Waals surface area contributed by atoms with Crippen molar-refractivity contribution >= 4 is 33.7 Å². The largest absolute Gasteiger partial charge is 0.447 e. The van der Waals surface area contributed by atoms with Crippen molar-refractivity contribution in [3.8, 4) is 0 Å². The molecule has 0 spiro atoms. The lowest BCUT2D eigenvalue weighted by molar-refractivity contribution is -0.219. The number of aliphatic hydroxyl groups excluding tert-OH is 1. The fourth-order valence-electron chi connectivity index (χ4n) is 5.22. The van der Waals surface area contributed by atoms with E-state index >= 15 is 0 Å². The van der Waals surface area contributed by atoms with E-state index in [1.807, 2.05) is 74.5 Å². The number of nitrogens with zero attached hydrogens (tertiary/aromatic N) is 1. The predicted octanol–water partition coefficient (Wildman–Crippen LogP) is 4.16. The van der Waals surface area contributed by atoms with Crippen LogP contribution in [0.5, 0.6) is 0 Å². The van der Waals surface area contributed by atoms with Crippen LogP contribution in [0.15, 0.2) is 71.2 Å². The van der Waals surface area contributed by atoms with Gasteiger partial charge < -0.3 is 29.2 Å². The summed E-state index contributed by atoms with van der Waals surface area (Å²) < 4.78 is 22.8. The maximum Gasteiger partial charge on any atom is 0.416 e. The van der Waals surface area contributed by atoms with Crippen molar-refractivity contribution in [3.05, 3.63) is 82.3 Å². The van der Waals surface area contributed by atoms with Crippen LogP contribution in [0.25, 0.3) is 0 Å². The molecule has 238 valence electrons. The zero-order valence-corrected chi connectivity index (χ0v) is 26.6. The Kier molecular flexibility index (Phi) is 12.3. The van der Waals surface area contributed by atoms with Gasteiger partial charge >= 0.3 is 6.09 Å². The van der Waals surface area contributed by atoms with Gasteiger partial charge in [-0.3, -0.25) is 9.59 Å². The van der Waals surface area contributed by atoms with Gasteiger partial charge in [0.2, 0.25) is 5.91 Å². The Morgan fingerprint density at radius 1 is 1.09 bits per heavy atom. The smallest absolute Gasteiger partial charge is 0.416 e. The number of aliphatic hydroxyl groups is 2. The second kappa shape index (κ2) is 15.9. The second-order valence-electron chi connectivity index (χ2n) is 11.4. The van der Waals surface area contributed by atoms with E-state index in [0.717, 1.165) is 16.0 Å². The first-order valence-electron chi connectivity index (χ1n) is 14.8. The Bertz CT molecular complexity index is 1290. The fourth-order valence-corrected chi connectivity index (χ4v) is 5.74. The lowest BCUT2D eigenvalue weighted by Gasteiger charge is -2.39. The summed E-state index contributed by atoms with van der Waals surface area (Å²) in [7, 11) is 0. The molecule has 0 bridgehead atoms. The van der Waals surface area contributed by atoms with Crippen LogP contribution in [0.2, 0.25) is 0 Å². The third-order valence-electron chi connectivity index (χ3n) is 7.78. The number of rotatable bonds is 15. The molecule has 2 N–H and O–H groups in total. The number of cyclic esters (lactones) is 1. The fraction of sp³-hybridized carbons (Fsp3) is 0.485. The lowest BCUT2D eigenvalue weighted by atomic mass is 9.87. The van der Waals surface area contributed by atoms with Crippen molar-refractivity contribution in [1.29, 1.82) is 0 Å². The zero-order valence-electron chi connectivity index (χ0n) is 25.0. The van der Waals surface area contributed by atoms with Gasteiger partial charge in [-0.2, -0.15) is 0 Å². The minimum absolute atomic E-state index is 0.0507. The number of hydrogen-bond donors (Lipinski definition) is 2. The van der Waals surface area contributed by atoms with Crippen molar-refractivity contribution in [2.24, 2.45) is 11.8 Å². The van der Waals surface area contributed by atoms with Crippen LogP contribution < -0.4 is 0 Å². The van der Waals surface area contributed by atoms with E-state index in [0.29, 0.717) is 13.0 Å². The molecule has 5 atom stereocenters. The molecule has 2 aromatic carbocycles. The van der Waals surface area contributed by atoms with Gasteiger partial charge in [-0.25, -0.2) is 9.69 Å². The van der Waals surface area contributed by atoms with Gasteiger partial charge in [0.25, 0.3) is 0 Å². The molecule has 0 saturated carbocycles. The summed E-state index contributed by atoms with van der Waals surface area (Å²) in [6.45, 7) is 4.35. The maximum absolute atomic E-state index is 14.0. The lowest BCUT2D eigenvalue weighted by Crippen LogP contribution is -2.54. The van der Waals surface area contributed by atoms with Gasteiger partial charge in [0.05, 0.1) is 36.3 Å². The van der Waals surface area contributed by atoms with Crippen LogP contribution in [-0.2, 0) is 41.6 Å². The molecule has 0 aliphatic carbocycles. The van der Waals surface area contributed by atoms with Crippen LogP contribution in [0.3, 0.4) is 0 Å². The second-order valence-corrected chi connectivity index (χ2v) is 12.2. The number of hydrogen-bond acceptors (Lipinski definition) is 9. The third-order valence-corrected chi connectivity index (χ3v) is 8.63. The van der Waals surface area contributed by atoms with E-state index in [2.05, 4.69) is 15.9 Å². The highest BCUT2D eigenvalue weighted by Crippen LogP contribution is 2.38. The Morgan fingerprint density at radius 3 is 2.39 bits per heavy atom. The molecule has 2 amide bonds. The number of halogens is 1. The van der Waals surface area contributed by atoms with Crippen LogP contribution >= 0.6 is 15.9 Å². The molecule has 1 saturated heterocycles. The number of amides is 2. The van der Waals surface area contributed by atoms with Crippen molar-refractivity contribution in [2.45, 2.75) is 63.8 Å². The van der Waals surface area contributed by atoms with Gasteiger partial charge in [0, 0.05) is 13.0 Å².